The molecule has 1 saturated heterocycles. The van der Waals surface area contributed by atoms with Crippen LogP contribution >= 0.6 is 0 Å². The van der Waals surface area contributed by atoms with Gasteiger partial charge < -0.3 is 0 Å². The molecular weight excluding hydrogens is 145 g/mol. The first-order valence-electron chi connectivity index (χ1n) is 2.75. The molecule has 0 aliphatic carbocycles. The van der Waals surface area contributed by atoms with E-state index in [9.17, 15) is 12.8 Å². The summed E-state index contributed by atoms with van der Waals surface area (Å²) in [5.74, 6) is 0. The minimum Gasteiger partial charge on any atom is -0.229 e. The monoisotopic (exact) mass is 153 g/mol. The van der Waals surface area contributed by atoms with Crippen LogP contribution in [0.5, 0.6) is 0 Å². The molecule has 1 atom stereocenters. The number of halogens is 1. The first-order chi connectivity index (χ1) is 4.13. The maximum Gasteiger partial charge on any atom is 0.243 e. The minimum absolute atomic E-state index is 0.134. The van der Waals surface area contributed by atoms with Crippen LogP contribution in [0.2, 0.25) is 0 Å². The van der Waals surface area contributed by atoms with E-state index in [-0.39, 0.29) is 6.42 Å². The van der Waals surface area contributed by atoms with Crippen LogP contribution in [0.4, 0.5) is 4.39 Å². The van der Waals surface area contributed by atoms with E-state index < -0.39 is 15.5 Å². The molecule has 0 aromatic carbocycles. The second-order valence-electron chi connectivity index (χ2n) is 1.99. The Balaban J connectivity index is 2.72. The Morgan fingerprint density at radius 2 is 2.22 bits per heavy atom. The van der Waals surface area contributed by atoms with Gasteiger partial charge in [-0.25, -0.2) is 17.5 Å². The van der Waals surface area contributed by atoms with Gasteiger partial charge >= 0.3 is 0 Å². The lowest BCUT2D eigenvalue weighted by atomic mass is 10.3. The van der Waals surface area contributed by atoms with E-state index in [1.165, 1.54) is 0 Å². The Morgan fingerprint density at radius 1 is 1.56 bits per heavy atom. The van der Waals surface area contributed by atoms with E-state index in [2.05, 4.69) is 4.72 Å². The normalized spacial score (nSPS) is 34.1. The number of nitrogens with one attached hydrogen (secondary N) is 1. The highest BCUT2D eigenvalue weighted by Crippen LogP contribution is 2.12. The van der Waals surface area contributed by atoms with Gasteiger partial charge in [0.05, 0.1) is 0 Å². The smallest absolute Gasteiger partial charge is 0.229 e. The average molecular weight is 153 g/mol. The molecule has 0 aromatic heterocycles. The van der Waals surface area contributed by atoms with Gasteiger partial charge in [-0.1, -0.05) is 0 Å². The van der Waals surface area contributed by atoms with Crippen LogP contribution < -0.4 is 4.72 Å². The van der Waals surface area contributed by atoms with Crippen molar-refractivity contribution in [3.63, 3.8) is 0 Å². The summed E-state index contributed by atoms with van der Waals surface area (Å²) in [5.41, 5.74) is -1.69. The molecule has 0 saturated carbocycles. The van der Waals surface area contributed by atoms with Gasteiger partial charge in [0, 0.05) is 6.54 Å². The van der Waals surface area contributed by atoms with Crippen LogP contribution in [-0.4, -0.2) is 20.5 Å². The molecule has 1 aliphatic rings. The topological polar surface area (TPSA) is 46.2 Å². The Kier molecular flexibility index (Phi) is 1.72. The average Bonchev–Trinajstić information content (AvgIpc) is 1.77. The summed E-state index contributed by atoms with van der Waals surface area (Å²) < 4.78 is 35.4. The number of alkyl halides is 1. The van der Waals surface area contributed by atoms with Gasteiger partial charge in [-0.05, 0) is 12.8 Å². The van der Waals surface area contributed by atoms with Crippen LogP contribution in [0, 0.1) is 0 Å². The van der Waals surface area contributed by atoms with Crippen molar-refractivity contribution in [1.82, 2.24) is 4.72 Å². The fraction of sp³-hybridized carbons (Fsp3) is 1.00. The molecule has 1 unspecified atom stereocenters. The summed E-state index contributed by atoms with van der Waals surface area (Å²) in [6.45, 7) is 0.378. The third-order valence-electron chi connectivity index (χ3n) is 1.25. The number of rotatable bonds is 0. The van der Waals surface area contributed by atoms with Crippen LogP contribution in [-0.2, 0) is 10.0 Å². The van der Waals surface area contributed by atoms with Gasteiger partial charge in [0.25, 0.3) is 0 Å². The molecule has 1 N–H and O–H groups in total. The van der Waals surface area contributed by atoms with Gasteiger partial charge in [-0.15, -0.1) is 0 Å². The first kappa shape index (κ1) is 6.95. The van der Waals surface area contributed by atoms with Gasteiger partial charge in [-0.3, -0.25) is 0 Å². The summed E-state index contributed by atoms with van der Waals surface area (Å²) >= 11 is 0. The van der Waals surface area contributed by atoms with Crippen LogP contribution in [0.15, 0.2) is 0 Å². The number of hydrogen-bond acceptors (Lipinski definition) is 2. The fourth-order valence-corrected chi connectivity index (χ4v) is 1.81. The molecule has 54 valence electrons. The molecule has 5 heteroatoms. The molecule has 0 radical (unpaired) electrons. The Bertz CT molecular complexity index is 189. The zero-order chi connectivity index (χ0) is 6.91. The molecule has 0 amide bonds. The highest BCUT2D eigenvalue weighted by molar-refractivity contribution is 7.90. The summed E-state index contributed by atoms with van der Waals surface area (Å²) in [5, 5.41) is 0. The lowest BCUT2D eigenvalue weighted by Gasteiger charge is -2.15. The Labute approximate surface area is 53.3 Å². The molecule has 0 spiro atoms. The summed E-state index contributed by atoms with van der Waals surface area (Å²) in [7, 11) is -3.58. The predicted octanol–water partition coefficient (Wildman–Crippen LogP) is -0.00480. The van der Waals surface area contributed by atoms with Crippen molar-refractivity contribution in [2.24, 2.45) is 0 Å². The van der Waals surface area contributed by atoms with Gasteiger partial charge in [0.15, 0.2) is 0 Å². The van der Waals surface area contributed by atoms with E-state index in [1.807, 2.05) is 0 Å². The second-order valence-corrected chi connectivity index (χ2v) is 3.88. The highest BCUT2D eigenvalue weighted by atomic mass is 32.2. The molecule has 1 fully saturated rings. The highest BCUT2D eigenvalue weighted by Gasteiger charge is 2.27. The van der Waals surface area contributed by atoms with Crippen LogP contribution in [0.3, 0.4) is 0 Å². The van der Waals surface area contributed by atoms with E-state index in [4.69, 9.17) is 0 Å². The van der Waals surface area contributed by atoms with E-state index in [0.717, 1.165) is 0 Å². The maximum absolute atomic E-state index is 12.3. The first-order valence-corrected chi connectivity index (χ1v) is 4.30. The van der Waals surface area contributed by atoms with Crippen LogP contribution in [0.1, 0.15) is 12.8 Å². The van der Waals surface area contributed by atoms with Crippen molar-refractivity contribution in [3.8, 4) is 0 Å². The maximum atomic E-state index is 12.3. The standard InChI is InChI=1S/C4H8FNO2S/c5-4-2-1-3-6-9(4,7)8/h4,6H,1-3H2. The molecule has 0 aromatic rings. The van der Waals surface area contributed by atoms with Crippen molar-refractivity contribution in [2.45, 2.75) is 18.3 Å². The van der Waals surface area contributed by atoms with Crippen molar-refractivity contribution in [3.05, 3.63) is 0 Å². The van der Waals surface area contributed by atoms with Crippen molar-refractivity contribution < 1.29 is 12.8 Å². The number of hydrogen-bond donors (Lipinski definition) is 1. The largest absolute Gasteiger partial charge is 0.243 e. The summed E-state index contributed by atoms with van der Waals surface area (Å²) in [6.07, 6.45) is 0.732. The summed E-state index contributed by atoms with van der Waals surface area (Å²) in [6, 6.07) is 0. The Hall–Kier alpha value is -0.160. The quantitative estimate of drug-likeness (QED) is 0.532. The fourth-order valence-electron chi connectivity index (χ4n) is 0.723. The molecule has 9 heavy (non-hydrogen) atoms. The Morgan fingerprint density at radius 3 is 2.56 bits per heavy atom. The molecule has 3 nitrogen and oxygen atoms in total. The number of sulfonamides is 1. The van der Waals surface area contributed by atoms with E-state index in [1.54, 1.807) is 0 Å². The van der Waals surface area contributed by atoms with Gasteiger partial charge in [0.1, 0.15) is 0 Å². The zero-order valence-corrected chi connectivity index (χ0v) is 5.62. The third-order valence-corrected chi connectivity index (χ3v) is 2.76. The van der Waals surface area contributed by atoms with Gasteiger partial charge in [0.2, 0.25) is 15.5 Å². The lowest BCUT2D eigenvalue weighted by Crippen LogP contribution is -2.37. The molecule has 1 aliphatic heterocycles. The minimum atomic E-state index is -3.58. The van der Waals surface area contributed by atoms with Crippen molar-refractivity contribution >= 4 is 10.0 Å². The van der Waals surface area contributed by atoms with Gasteiger partial charge in [-0.2, -0.15) is 0 Å². The molecule has 1 rings (SSSR count). The molecular formula is C4H8FNO2S. The molecule has 1 heterocycles. The van der Waals surface area contributed by atoms with E-state index >= 15 is 0 Å². The van der Waals surface area contributed by atoms with Crippen LogP contribution in [0.25, 0.3) is 0 Å². The molecule has 0 bridgehead atoms. The zero-order valence-electron chi connectivity index (χ0n) is 4.80. The van der Waals surface area contributed by atoms with Crippen molar-refractivity contribution in [1.29, 1.82) is 0 Å². The van der Waals surface area contributed by atoms with E-state index in [0.29, 0.717) is 13.0 Å². The third kappa shape index (κ3) is 1.40. The second kappa shape index (κ2) is 2.22. The lowest BCUT2D eigenvalue weighted by molar-refractivity contribution is 0.371. The summed E-state index contributed by atoms with van der Waals surface area (Å²) in [4.78, 5) is 0. The predicted molar refractivity (Wildman–Crippen MR) is 31.1 cm³/mol. The van der Waals surface area contributed by atoms with Crippen molar-refractivity contribution in [2.75, 3.05) is 6.54 Å². The SMILES string of the molecule is O=S1(=O)NCCCC1F.